The van der Waals surface area contributed by atoms with Crippen LogP contribution in [0.4, 0.5) is 4.39 Å². The molecule has 2 rings (SSSR count). The molecule has 2 aromatic rings. The number of rotatable bonds is 6. The monoisotopic (exact) mass is 359 g/mol. The molecule has 0 radical (unpaired) electrons. The second-order valence-corrected chi connectivity index (χ2v) is 7.35. The predicted octanol–water partition coefficient (Wildman–Crippen LogP) is 3.74. The SMILES string of the molecule is CC(Oc1cccc(C(C)(C)C)c1)C(=O)NCC(O)c1ccc(F)cc1. The third kappa shape index (κ3) is 5.56. The van der Waals surface area contributed by atoms with Crippen LogP contribution in [0.25, 0.3) is 0 Å². The van der Waals surface area contributed by atoms with Gasteiger partial charge in [-0.3, -0.25) is 4.79 Å². The van der Waals surface area contributed by atoms with Crippen LogP contribution in [0.3, 0.4) is 0 Å². The van der Waals surface area contributed by atoms with Crippen molar-refractivity contribution in [3.63, 3.8) is 0 Å². The number of benzene rings is 2. The van der Waals surface area contributed by atoms with E-state index in [-0.39, 0.29) is 23.7 Å². The van der Waals surface area contributed by atoms with Crippen LogP contribution in [0.15, 0.2) is 48.5 Å². The van der Waals surface area contributed by atoms with Crippen LogP contribution in [0.2, 0.25) is 0 Å². The first-order valence-electron chi connectivity index (χ1n) is 8.65. The van der Waals surface area contributed by atoms with Gasteiger partial charge in [0.2, 0.25) is 0 Å². The van der Waals surface area contributed by atoms with Gasteiger partial charge in [-0.15, -0.1) is 0 Å². The van der Waals surface area contributed by atoms with Gasteiger partial charge in [0.15, 0.2) is 6.10 Å². The minimum atomic E-state index is -0.907. The van der Waals surface area contributed by atoms with Crippen molar-refractivity contribution in [1.82, 2.24) is 5.32 Å². The van der Waals surface area contributed by atoms with Crippen LogP contribution in [0.5, 0.6) is 5.75 Å². The second kappa shape index (κ2) is 8.32. The molecule has 26 heavy (non-hydrogen) atoms. The lowest BCUT2D eigenvalue weighted by Crippen LogP contribution is -2.38. The number of carbonyl (C=O) groups is 1. The predicted molar refractivity (Wildman–Crippen MR) is 99.6 cm³/mol. The molecular weight excluding hydrogens is 333 g/mol. The van der Waals surface area contributed by atoms with Gasteiger partial charge in [-0.2, -0.15) is 0 Å². The maximum absolute atomic E-state index is 12.9. The number of carbonyl (C=O) groups excluding carboxylic acids is 1. The maximum Gasteiger partial charge on any atom is 0.260 e. The molecule has 0 aliphatic heterocycles. The van der Waals surface area contributed by atoms with Crippen molar-refractivity contribution in [3.05, 3.63) is 65.5 Å². The first-order valence-corrected chi connectivity index (χ1v) is 8.65. The molecule has 2 aromatic carbocycles. The summed E-state index contributed by atoms with van der Waals surface area (Å²) in [5, 5.41) is 12.7. The van der Waals surface area contributed by atoms with Crippen molar-refractivity contribution in [3.8, 4) is 5.75 Å². The summed E-state index contributed by atoms with van der Waals surface area (Å²) in [5.41, 5.74) is 1.65. The van der Waals surface area contributed by atoms with E-state index < -0.39 is 12.2 Å². The van der Waals surface area contributed by atoms with Crippen molar-refractivity contribution >= 4 is 5.91 Å². The Kier molecular flexibility index (Phi) is 6.37. The summed E-state index contributed by atoms with van der Waals surface area (Å²) in [7, 11) is 0. The lowest BCUT2D eigenvalue weighted by atomic mass is 9.87. The molecule has 0 aliphatic carbocycles. The minimum Gasteiger partial charge on any atom is -0.481 e. The number of nitrogens with one attached hydrogen (secondary N) is 1. The van der Waals surface area contributed by atoms with Crippen molar-refractivity contribution in [2.45, 2.75) is 45.3 Å². The van der Waals surface area contributed by atoms with Gasteiger partial charge in [0.1, 0.15) is 11.6 Å². The van der Waals surface area contributed by atoms with Crippen LogP contribution < -0.4 is 10.1 Å². The molecule has 0 heterocycles. The van der Waals surface area contributed by atoms with Crippen LogP contribution in [0.1, 0.15) is 44.9 Å². The molecule has 0 bridgehead atoms. The molecule has 1 amide bonds. The van der Waals surface area contributed by atoms with Gasteiger partial charge in [-0.05, 0) is 47.7 Å². The van der Waals surface area contributed by atoms with Crippen molar-refractivity contribution < 1.29 is 19.0 Å². The fraction of sp³-hybridized carbons (Fsp3) is 0.381. The fourth-order valence-electron chi connectivity index (χ4n) is 2.44. The Balaban J connectivity index is 1.90. The quantitative estimate of drug-likeness (QED) is 0.826. The van der Waals surface area contributed by atoms with E-state index in [9.17, 15) is 14.3 Å². The third-order valence-electron chi connectivity index (χ3n) is 4.11. The molecule has 0 spiro atoms. The maximum atomic E-state index is 12.9. The zero-order valence-electron chi connectivity index (χ0n) is 15.6. The van der Waals surface area contributed by atoms with Gasteiger partial charge in [0.05, 0.1) is 6.10 Å². The largest absolute Gasteiger partial charge is 0.481 e. The number of aliphatic hydroxyl groups excluding tert-OH is 1. The summed E-state index contributed by atoms with van der Waals surface area (Å²) in [4.78, 5) is 12.2. The molecule has 140 valence electrons. The van der Waals surface area contributed by atoms with E-state index in [1.807, 2.05) is 24.3 Å². The molecular formula is C21H26FNO3. The highest BCUT2D eigenvalue weighted by atomic mass is 19.1. The van der Waals surface area contributed by atoms with Gasteiger partial charge in [0, 0.05) is 6.54 Å². The molecule has 2 unspecified atom stereocenters. The Morgan fingerprint density at radius 3 is 2.46 bits per heavy atom. The first kappa shape index (κ1) is 19.9. The fourth-order valence-corrected chi connectivity index (χ4v) is 2.44. The Bertz CT molecular complexity index is 738. The molecule has 0 saturated carbocycles. The highest BCUT2D eigenvalue weighted by molar-refractivity contribution is 5.80. The number of amides is 1. The number of hydrogen-bond acceptors (Lipinski definition) is 3. The molecule has 0 fully saturated rings. The summed E-state index contributed by atoms with van der Waals surface area (Å²) in [6.07, 6.45) is -1.61. The first-order chi connectivity index (χ1) is 12.2. The topological polar surface area (TPSA) is 58.6 Å². The van der Waals surface area contributed by atoms with Gasteiger partial charge in [-0.1, -0.05) is 45.0 Å². The minimum absolute atomic E-state index is 0.00979. The number of aliphatic hydroxyl groups is 1. The van der Waals surface area contributed by atoms with Crippen LogP contribution in [0, 0.1) is 5.82 Å². The molecule has 2 N–H and O–H groups in total. The van der Waals surface area contributed by atoms with Gasteiger partial charge in [0.25, 0.3) is 5.91 Å². The van der Waals surface area contributed by atoms with Crippen molar-refractivity contribution in [2.75, 3.05) is 6.54 Å². The summed E-state index contributed by atoms with van der Waals surface area (Å²) in [5.74, 6) is -0.0732. The molecule has 2 atom stereocenters. The van der Waals surface area contributed by atoms with E-state index in [2.05, 4.69) is 26.1 Å². The Morgan fingerprint density at radius 1 is 1.19 bits per heavy atom. The number of hydrogen-bond donors (Lipinski definition) is 2. The van der Waals surface area contributed by atoms with Crippen LogP contribution in [-0.4, -0.2) is 23.7 Å². The average Bonchev–Trinajstić information content (AvgIpc) is 2.59. The summed E-state index contributed by atoms with van der Waals surface area (Å²) < 4.78 is 18.6. The Hall–Kier alpha value is -2.40. The highest BCUT2D eigenvalue weighted by Gasteiger charge is 2.18. The van der Waals surface area contributed by atoms with Gasteiger partial charge < -0.3 is 15.2 Å². The van der Waals surface area contributed by atoms with Crippen LogP contribution >= 0.6 is 0 Å². The van der Waals surface area contributed by atoms with E-state index in [0.29, 0.717) is 11.3 Å². The molecule has 0 saturated heterocycles. The van der Waals surface area contributed by atoms with E-state index >= 15 is 0 Å². The van der Waals surface area contributed by atoms with Gasteiger partial charge >= 0.3 is 0 Å². The van der Waals surface area contributed by atoms with Gasteiger partial charge in [-0.25, -0.2) is 4.39 Å². The van der Waals surface area contributed by atoms with Crippen molar-refractivity contribution in [2.24, 2.45) is 0 Å². The zero-order chi connectivity index (χ0) is 19.3. The average molecular weight is 359 g/mol. The van der Waals surface area contributed by atoms with E-state index in [0.717, 1.165) is 5.56 Å². The molecule has 4 nitrogen and oxygen atoms in total. The normalized spacial score (nSPS) is 13.8. The Morgan fingerprint density at radius 2 is 1.85 bits per heavy atom. The molecule has 5 heteroatoms. The van der Waals surface area contributed by atoms with E-state index in [1.54, 1.807) is 6.92 Å². The second-order valence-electron chi connectivity index (χ2n) is 7.35. The third-order valence-corrected chi connectivity index (χ3v) is 4.11. The summed E-state index contributed by atoms with van der Waals surface area (Å²) in [6, 6.07) is 13.2. The lowest BCUT2D eigenvalue weighted by Gasteiger charge is -2.21. The van der Waals surface area contributed by atoms with Crippen LogP contribution in [-0.2, 0) is 10.2 Å². The molecule has 0 aromatic heterocycles. The van der Waals surface area contributed by atoms with E-state index in [4.69, 9.17) is 4.74 Å². The summed E-state index contributed by atoms with van der Waals surface area (Å²) >= 11 is 0. The van der Waals surface area contributed by atoms with Crippen molar-refractivity contribution in [1.29, 1.82) is 0 Å². The number of ether oxygens (including phenoxy) is 1. The highest BCUT2D eigenvalue weighted by Crippen LogP contribution is 2.26. The lowest BCUT2D eigenvalue weighted by molar-refractivity contribution is -0.127. The zero-order valence-corrected chi connectivity index (χ0v) is 15.6. The Labute approximate surface area is 154 Å². The number of halogens is 1. The molecule has 0 aliphatic rings. The smallest absolute Gasteiger partial charge is 0.260 e. The van der Waals surface area contributed by atoms with E-state index in [1.165, 1.54) is 24.3 Å². The summed E-state index contributed by atoms with van der Waals surface area (Å²) in [6.45, 7) is 8.01. The standard InChI is InChI=1S/C21H26FNO3/c1-14(26-18-7-5-6-16(12-18)21(2,3)4)20(25)23-13-19(24)15-8-10-17(22)11-9-15/h5-12,14,19,24H,13H2,1-4H3,(H,23,25).